The Kier molecular flexibility index (Phi) is 15.7. The van der Waals surface area contributed by atoms with E-state index in [0.717, 1.165) is 46.7 Å². The number of carbonyl (C=O) groups excluding carboxylic acids is 2. The zero-order chi connectivity index (χ0) is 52.4. The normalized spacial score (nSPS) is 14.2. The standard InChI is InChI=1S/C27H26F5N3O.C26H24F5N3O2/c1-4-6-17-11-23(29)20(24(30)12-17)15-35-25-8-5-7-22(28)19(25)9-10-34(26(35)36)18-13-21(27(3,31)32)16(2)33-14-18;1-15-20(26(2,30)31)11-17(12-32-15)33-8-7-18-21(27)5-4-6-24(18)34(25(33)35)13-19-22(28)9-16(14-36-3)10-23(19)29/h5,7-8,11-14H,4,6,9-10,15H2,1-3H3;4-6,9-12H,7-8,13-14H2,1-3H3. The van der Waals surface area contributed by atoms with Crippen LogP contribution in [0.4, 0.5) is 76.2 Å². The van der Waals surface area contributed by atoms with Crippen molar-refractivity contribution in [1.82, 2.24) is 9.97 Å². The van der Waals surface area contributed by atoms with Gasteiger partial charge in [-0.05, 0) is 105 Å². The number of alkyl halides is 4. The number of aryl methyl sites for hydroxylation is 3. The number of benzene rings is 4. The van der Waals surface area contributed by atoms with E-state index in [0.29, 0.717) is 18.4 Å². The number of ether oxygens (including phenoxy) is 1. The van der Waals surface area contributed by atoms with Gasteiger partial charge in [-0.1, -0.05) is 25.5 Å². The number of hydrogen-bond acceptors (Lipinski definition) is 5. The number of pyridine rings is 2. The number of rotatable bonds is 12. The lowest BCUT2D eigenvalue weighted by Crippen LogP contribution is -2.43. The summed E-state index contributed by atoms with van der Waals surface area (Å²) >= 11 is 0. The predicted octanol–water partition coefficient (Wildman–Crippen LogP) is 13.3. The van der Waals surface area contributed by atoms with Crippen molar-refractivity contribution in [3.05, 3.63) is 176 Å². The van der Waals surface area contributed by atoms with Crippen LogP contribution in [0.1, 0.15) is 83.1 Å². The Morgan fingerprint density at radius 2 is 0.972 bits per heavy atom. The third-order valence-electron chi connectivity index (χ3n) is 12.5. The van der Waals surface area contributed by atoms with E-state index in [9.17, 15) is 53.5 Å². The Bertz CT molecular complexity index is 2770. The highest BCUT2D eigenvalue weighted by molar-refractivity contribution is 6.05. The molecule has 2 aliphatic rings. The van der Waals surface area contributed by atoms with Crippen LogP contribution in [0.2, 0.25) is 0 Å². The van der Waals surface area contributed by atoms with Gasteiger partial charge in [0.05, 0.1) is 54.8 Å². The number of methoxy groups -OCH3 is 1. The van der Waals surface area contributed by atoms with E-state index in [2.05, 4.69) is 9.97 Å². The minimum absolute atomic E-state index is 0.0105. The molecule has 8 rings (SSSR count). The quantitative estimate of drug-likeness (QED) is 0.114. The second-order valence-corrected chi connectivity index (χ2v) is 17.7. The summed E-state index contributed by atoms with van der Waals surface area (Å²) in [6.45, 7) is 5.05. The first-order valence-corrected chi connectivity index (χ1v) is 22.9. The number of carbonyl (C=O) groups is 2. The maximum absolute atomic E-state index is 15.0. The number of nitrogens with zero attached hydrogens (tertiary/aromatic N) is 6. The Hall–Kier alpha value is -7.02. The molecule has 0 atom stereocenters. The summed E-state index contributed by atoms with van der Waals surface area (Å²) in [5.41, 5.74) is 0.329. The van der Waals surface area contributed by atoms with E-state index >= 15 is 0 Å². The van der Waals surface area contributed by atoms with Gasteiger partial charge in [0.15, 0.2) is 0 Å². The van der Waals surface area contributed by atoms with Gasteiger partial charge in [0.25, 0.3) is 11.8 Å². The van der Waals surface area contributed by atoms with Crippen LogP contribution in [0, 0.1) is 48.8 Å². The molecule has 72 heavy (non-hydrogen) atoms. The van der Waals surface area contributed by atoms with Crippen molar-refractivity contribution in [2.75, 3.05) is 39.8 Å². The van der Waals surface area contributed by atoms with Crippen molar-refractivity contribution >= 4 is 34.8 Å². The van der Waals surface area contributed by atoms with Gasteiger partial charge in [-0.3, -0.25) is 29.6 Å². The van der Waals surface area contributed by atoms with Gasteiger partial charge in [0.2, 0.25) is 0 Å². The van der Waals surface area contributed by atoms with Crippen molar-refractivity contribution in [3.8, 4) is 0 Å². The summed E-state index contributed by atoms with van der Waals surface area (Å²) in [4.78, 5) is 40.0. The molecular weight excluding hydrogens is 959 g/mol. The number of anilines is 4. The van der Waals surface area contributed by atoms with Gasteiger partial charge >= 0.3 is 12.1 Å². The molecule has 0 radical (unpaired) electrons. The van der Waals surface area contributed by atoms with Crippen LogP contribution in [0.15, 0.2) is 85.2 Å². The average molecular weight is 1010 g/mol. The topological polar surface area (TPSA) is 82.1 Å². The molecule has 0 fully saturated rings. The fraction of sp³-hybridized carbons (Fsp3) is 0.321. The van der Waals surface area contributed by atoms with Gasteiger partial charge in [-0.15, -0.1) is 0 Å². The Morgan fingerprint density at radius 1 is 0.583 bits per heavy atom. The van der Waals surface area contributed by atoms with Crippen LogP contribution >= 0.6 is 0 Å². The fourth-order valence-corrected chi connectivity index (χ4v) is 8.86. The Balaban J connectivity index is 0.000000211. The molecule has 0 saturated heterocycles. The summed E-state index contributed by atoms with van der Waals surface area (Å²) in [7, 11) is 1.39. The monoisotopic (exact) mass is 1010 g/mol. The second-order valence-electron chi connectivity index (χ2n) is 17.7. The predicted molar refractivity (Wildman–Crippen MR) is 253 cm³/mol. The highest BCUT2D eigenvalue weighted by atomic mass is 19.3. The molecule has 2 aromatic heterocycles. The van der Waals surface area contributed by atoms with Gasteiger partial charge in [-0.2, -0.15) is 0 Å². The summed E-state index contributed by atoms with van der Waals surface area (Å²) in [5, 5.41) is 0. The summed E-state index contributed by atoms with van der Waals surface area (Å²) in [5.74, 6) is -11.0. The number of aromatic nitrogens is 2. The van der Waals surface area contributed by atoms with Crippen molar-refractivity contribution in [3.63, 3.8) is 0 Å². The molecule has 0 spiro atoms. The van der Waals surface area contributed by atoms with E-state index in [1.165, 1.54) is 92.8 Å². The summed E-state index contributed by atoms with van der Waals surface area (Å²) < 4.78 is 151. The molecule has 0 saturated carbocycles. The summed E-state index contributed by atoms with van der Waals surface area (Å²) in [6, 6.07) is 13.8. The second kappa shape index (κ2) is 21.4. The van der Waals surface area contributed by atoms with Crippen molar-refractivity contribution in [2.45, 2.75) is 91.8 Å². The van der Waals surface area contributed by atoms with E-state index in [1.54, 1.807) is 0 Å². The van der Waals surface area contributed by atoms with Gasteiger partial charge in [0.1, 0.15) is 34.9 Å². The lowest BCUT2D eigenvalue weighted by Gasteiger charge is -2.29. The van der Waals surface area contributed by atoms with Crippen LogP contribution in [-0.4, -0.2) is 42.2 Å². The molecular formula is C53H50F10N6O3. The number of amides is 4. The minimum atomic E-state index is -3.22. The van der Waals surface area contributed by atoms with Crippen molar-refractivity contribution in [1.29, 1.82) is 0 Å². The maximum atomic E-state index is 15.0. The lowest BCUT2D eigenvalue weighted by atomic mass is 10.0. The number of hydrogen-bond donors (Lipinski definition) is 0. The number of urea groups is 2. The van der Waals surface area contributed by atoms with Crippen molar-refractivity contribution in [2.24, 2.45) is 0 Å². The fourth-order valence-electron chi connectivity index (χ4n) is 8.86. The number of halogens is 10. The van der Waals surface area contributed by atoms with Crippen LogP contribution < -0.4 is 19.6 Å². The highest BCUT2D eigenvalue weighted by Gasteiger charge is 2.36. The van der Waals surface area contributed by atoms with Gasteiger partial charge in [0, 0.05) is 78.8 Å². The molecule has 4 heterocycles. The van der Waals surface area contributed by atoms with Crippen molar-refractivity contribution < 1.29 is 58.2 Å². The average Bonchev–Trinajstić information content (AvgIpc) is 3.53. The van der Waals surface area contributed by atoms with Crippen LogP contribution in [0.5, 0.6) is 0 Å². The highest BCUT2D eigenvalue weighted by Crippen LogP contribution is 2.38. The lowest BCUT2D eigenvalue weighted by molar-refractivity contribution is 0.0157. The van der Waals surface area contributed by atoms with Gasteiger partial charge in [-0.25, -0.2) is 53.5 Å². The molecule has 2 aliphatic heterocycles. The van der Waals surface area contributed by atoms with E-state index in [-0.39, 0.29) is 100 Å². The largest absolute Gasteiger partial charge is 0.380 e. The molecule has 19 heteroatoms. The zero-order valence-corrected chi connectivity index (χ0v) is 40.1. The molecule has 0 bridgehead atoms. The third-order valence-corrected chi connectivity index (χ3v) is 12.5. The first-order chi connectivity index (χ1) is 34.0. The molecule has 0 N–H and O–H groups in total. The molecule has 0 aliphatic carbocycles. The first-order valence-electron chi connectivity index (χ1n) is 22.9. The first kappa shape index (κ1) is 52.8. The molecule has 4 amide bonds. The van der Waals surface area contributed by atoms with E-state index in [4.69, 9.17) is 4.74 Å². The molecule has 4 aromatic carbocycles. The zero-order valence-electron chi connectivity index (χ0n) is 40.1. The van der Waals surface area contributed by atoms with Crippen LogP contribution in [-0.2, 0) is 55.5 Å². The van der Waals surface area contributed by atoms with Crippen LogP contribution in [0.3, 0.4) is 0 Å². The minimum Gasteiger partial charge on any atom is -0.380 e. The Morgan fingerprint density at radius 3 is 1.33 bits per heavy atom. The summed E-state index contributed by atoms with van der Waals surface area (Å²) in [6.07, 6.45) is 3.86. The smallest absolute Gasteiger partial charge is 0.329 e. The van der Waals surface area contributed by atoms with Crippen LogP contribution in [0.25, 0.3) is 0 Å². The third kappa shape index (κ3) is 11.2. The molecule has 380 valence electrons. The van der Waals surface area contributed by atoms with E-state index < -0.39 is 77.5 Å². The molecule has 9 nitrogen and oxygen atoms in total. The Labute approximate surface area is 409 Å². The molecule has 0 unspecified atom stereocenters. The van der Waals surface area contributed by atoms with E-state index in [1.807, 2.05) is 6.92 Å². The number of fused-ring (bicyclic) bond motifs is 2. The SMILES string of the molecule is CCCc1cc(F)c(CN2C(=O)N(c3cnc(C)c(C(C)(F)F)c3)CCc3c(F)cccc32)c(F)c1.COCc1cc(F)c(CN2C(=O)N(c3cnc(C)c(C(C)(F)F)c3)CCc3c(F)cccc32)c(F)c1. The molecule has 6 aromatic rings. The maximum Gasteiger partial charge on any atom is 0.329 e. The van der Waals surface area contributed by atoms with Gasteiger partial charge < -0.3 is 4.74 Å².